The summed E-state index contributed by atoms with van der Waals surface area (Å²) >= 11 is 0. The topological polar surface area (TPSA) is 373 Å². The minimum absolute atomic E-state index is 0.0259. The van der Waals surface area contributed by atoms with Crippen LogP contribution in [0, 0.1) is 23.7 Å². The number of hydrogen-bond acceptors (Lipinski definition) is 20. The van der Waals surface area contributed by atoms with Gasteiger partial charge in [0.1, 0.15) is 12.2 Å². The monoisotopic (exact) mass is 1160 g/mol. The van der Waals surface area contributed by atoms with Crippen molar-refractivity contribution < 1.29 is 87.2 Å². The second kappa shape index (κ2) is 32.6. The minimum atomic E-state index is -1.24. The maximum atomic E-state index is 14.4. The van der Waals surface area contributed by atoms with Crippen LogP contribution in [0.25, 0.3) is 0 Å². The predicted octanol–water partition coefficient (Wildman–Crippen LogP) is 2.05. The SMILES string of the molecule is CO[C@H]1/C=C\C=C(/C)C(=O)NC2=CC(=O)C(NCCCNC3=C4C[C@@H](C)C[C@H](OC)[C@H](O)[C@@H](C)/C=C(\CO)[C@H](OC(N)=O)[C@@H](OC)/C=C\C=C(/C)C(=O)NC(=CC3=O)C4=O)=C(C[C@@H](C)C[C@H](OC)[C@H](O)[C@@H](C)/C=C(\CO)[C@@H]1OC(N)=O)C2=O. The number of rotatable bonds is 14. The van der Waals surface area contributed by atoms with Crippen molar-refractivity contribution in [3.05, 3.63) is 117 Å². The van der Waals surface area contributed by atoms with Crippen LogP contribution in [-0.2, 0) is 57.2 Å². The molecule has 0 aromatic carbocycles. The predicted molar refractivity (Wildman–Crippen MR) is 303 cm³/mol. The molecule has 2 heterocycles. The third-order valence-electron chi connectivity index (χ3n) is 14.6. The third kappa shape index (κ3) is 18.9. The number of carbonyl (C=O) groups is 8. The molecular weight excluding hydrogens is 1080 g/mol. The fourth-order valence-corrected chi connectivity index (χ4v) is 10.1. The average Bonchev–Trinajstić information content (AvgIpc) is 3.66. The standard InChI is InChI=1S/C59H82N6O18/c1-30-20-38-48(42(68)26-40(52(38)72)64-56(74)32(3)14-11-16-44(78-7)54(82-58(60)76)36(28-66)24-34(5)50(70)46(22-30)80-9)62-18-13-19-63-49-39-21-31(2)23-47(81-10)51(71)35(6)25-37(29-67)55(83-59(61)77)45(79-8)17-12-15-33(4)57(75)65-41(53(39)73)27-43(49)69/h11-12,14-17,24-27,30-31,34-35,44-47,50-51,54-55,62-63,66-67,70-71H,13,18-23,28-29H2,1-10H3,(H2,60,76)(H2,61,77)(H,64,74)(H,65,75)/b16-11-,17-12-,32-14+,33-15+,36-24+,37-25+/t30-,31-,34+,35+,44+,45+,46+,47+,50-,51-,54+,55+/m1/s1. The van der Waals surface area contributed by atoms with E-state index >= 15 is 0 Å². The van der Waals surface area contributed by atoms with Crippen molar-refractivity contribution in [2.24, 2.45) is 35.1 Å². The molecule has 4 aliphatic rings. The van der Waals surface area contributed by atoms with Gasteiger partial charge in [-0.05, 0) is 68.9 Å². The number of aliphatic hydroxyl groups excluding tert-OH is 4. The van der Waals surface area contributed by atoms with E-state index in [1.54, 1.807) is 27.7 Å². The molecule has 4 rings (SSSR count). The molecule has 4 bridgehead atoms. The summed E-state index contributed by atoms with van der Waals surface area (Å²) in [4.78, 5) is 108. The molecule has 0 saturated carbocycles. The van der Waals surface area contributed by atoms with Crippen LogP contribution in [0.3, 0.4) is 0 Å². The van der Waals surface area contributed by atoms with Gasteiger partial charge in [0.2, 0.25) is 23.1 Å². The van der Waals surface area contributed by atoms with Crippen molar-refractivity contribution in [2.45, 2.75) is 122 Å². The summed E-state index contributed by atoms with van der Waals surface area (Å²) in [5.41, 5.74) is 10.8. The molecule has 0 aromatic heterocycles. The second-order valence-corrected chi connectivity index (χ2v) is 21.0. The highest BCUT2D eigenvalue weighted by Gasteiger charge is 2.37. The molecule has 83 heavy (non-hydrogen) atoms. The highest BCUT2D eigenvalue weighted by molar-refractivity contribution is 6.24. The van der Waals surface area contributed by atoms with Gasteiger partial charge in [0, 0.05) is 87.8 Å². The fraction of sp³-hybridized carbons (Fsp3) is 0.525. The Kier molecular flexibility index (Phi) is 26.9. The largest absolute Gasteiger partial charge is 0.439 e. The lowest BCUT2D eigenvalue weighted by Gasteiger charge is -2.30. The second-order valence-electron chi connectivity index (χ2n) is 21.0. The Morgan fingerprint density at radius 2 is 0.964 bits per heavy atom. The maximum absolute atomic E-state index is 14.4. The van der Waals surface area contributed by atoms with E-state index in [0.29, 0.717) is 0 Å². The van der Waals surface area contributed by atoms with E-state index in [2.05, 4.69) is 21.3 Å². The van der Waals surface area contributed by atoms with Crippen LogP contribution >= 0.6 is 0 Å². The van der Waals surface area contributed by atoms with Gasteiger partial charge < -0.3 is 81.6 Å². The van der Waals surface area contributed by atoms with E-state index in [1.807, 2.05) is 0 Å². The Balaban J connectivity index is 1.67. The number of ether oxygens (including phenoxy) is 6. The van der Waals surface area contributed by atoms with Gasteiger partial charge in [-0.2, -0.15) is 0 Å². The zero-order valence-electron chi connectivity index (χ0n) is 48.7. The molecule has 4 amide bonds. The third-order valence-corrected chi connectivity index (χ3v) is 14.6. The minimum Gasteiger partial charge on any atom is -0.439 e. The maximum Gasteiger partial charge on any atom is 0.405 e. The summed E-state index contributed by atoms with van der Waals surface area (Å²) in [6.07, 6.45) is 3.14. The number of carbonyl (C=O) groups excluding carboxylic acids is 8. The quantitative estimate of drug-likeness (QED) is 0.0676. The Bertz CT molecular complexity index is 2570. The van der Waals surface area contributed by atoms with Gasteiger partial charge in [0.05, 0.1) is 60.4 Å². The lowest BCUT2D eigenvalue weighted by molar-refractivity contribution is -0.120. The first-order valence-corrected chi connectivity index (χ1v) is 27.2. The van der Waals surface area contributed by atoms with Crippen molar-refractivity contribution in [3.63, 3.8) is 0 Å². The van der Waals surface area contributed by atoms with Gasteiger partial charge in [-0.3, -0.25) is 28.8 Å². The molecule has 2 aliphatic carbocycles. The van der Waals surface area contributed by atoms with E-state index < -0.39 is 133 Å². The van der Waals surface area contributed by atoms with Crippen molar-refractivity contribution in [3.8, 4) is 0 Å². The number of fused-ring (bicyclic) bond motifs is 4. The lowest BCUT2D eigenvalue weighted by atomic mass is 9.85. The molecule has 24 nitrogen and oxygen atoms in total. The Morgan fingerprint density at radius 3 is 1.28 bits per heavy atom. The average molecular weight is 1160 g/mol. The molecule has 2 aliphatic heterocycles. The Labute approximate surface area is 483 Å². The smallest absolute Gasteiger partial charge is 0.405 e. The molecule has 24 heteroatoms. The number of allylic oxidation sites excluding steroid dienone is 8. The van der Waals surface area contributed by atoms with Gasteiger partial charge in [0.25, 0.3) is 11.8 Å². The number of hydrogen-bond donors (Lipinski definition) is 10. The molecule has 0 unspecified atom stereocenters. The molecule has 0 aromatic rings. The number of nitrogens with two attached hydrogens (primary N) is 2. The van der Waals surface area contributed by atoms with Gasteiger partial charge in [-0.15, -0.1) is 0 Å². The number of Topliss-reactive ketones (excluding diaryl/α,β-unsaturated/α-hetero) is 2. The molecule has 0 radical (unpaired) electrons. The van der Waals surface area contributed by atoms with E-state index in [-0.39, 0.29) is 101 Å². The van der Waals surface area contributed by atoms with E-state index in [4.69, 9.17) is 39.9 Å². The highest BCUT2D eigenvalue weighted by atomic mass is 16.6. The van der Waals surface area contributed by atoms with Crippen molar-refractivity contribution >= 4 is 47.1 Å². The number of methoxy groups -OCH3 is 4. The first kappa shape index (κ1) is 68.3. The summed E-state index contributed by atoms with van der Waals surface area (Å²) in [6, 6.07) is 0. The summed E-state index contributed by atoms with van der Waals surface area (Å²) in [5, 5.41) is 55.4. The summed E-state index contributed by atoms with van der Waals surface area (Å²) in [6.45, 7) is 8.73. The molecule has 12 N–H and O–H groups in total. The zero-order valence-corrected chi connectivity index (χ0v) is 48.7. The molecular formula is C59H82N6O18. The van der Waals surface area contributed by atoms with E-state index in [1.165, 1.54) is 90.9 Å². The van der Waals surface area contributed by atoms with Crippen LogP contribution in [0.2, 0.25) is 0 Å². The van der Waals surface area contributed by atoms with Crippen LogP contribution in [-0.4, -0.2) is 171 Å². The van der Waals surface area contributed by atoms with Crippen LogP contribution < -0.4 is 32.7 Å². The number of primary amides is 2. The lowest BCUT2D eigenvalue weighted by Crippen LogP contribution is -2.39. The van der Waals surface area contributed by atoms with Crippen LogP contribution in [0.15, 0.2) is 117 Å². The van der Waals surface area contributed by atoms with Gasteiger partial charge >= 0.3 is 12.2 Å². The number of amides is 4. The molecule has 0 saturated heterocycles. The van der Waals surface area contributed by atoms with Crippen LogP contribution in [0.4, 0.5) is 9.59 Å². The van der Waals surface area contributed by atoms with Gasteiger partial charge in [-0.1, -0.05) is 76.3 Å². The zero-order chi connectivity index (χ0) is 61.8. The fourth-order valence-electron chi connectivity index (χ4n) is 10.1. The van der Waals surface area contributed by atoms with E-state index in [9.17, 15) is 58.8 Å². The summed E-state index contributed by atoms with van der Waals surface area (Å²) < 4.78 is 33.4. The first-order valence-electron chi connectivity index (χ1n) is 27.2. The van der Waals surface area contributed by atoms with Gasteiger partial charge in [-0.25, -0.2) is 9.59 Å². The summed E-state index contributed by atoms with van der Waals surface area (Å²) in [7, 11) is 5.45. The highest BCUT2D eigenvalue weighted by Crippen LogP contribution is 2.31. The molecule has 12 atom stereocenters. The Morgan fingerprint density at radius 1 is 0.602 bits per heavy atom. The Hall–Kier alpha value is -7.16. The van der Waals surface area contributed by atoms with Crippen LogP contribution in [0.1, 0.15) is 73.6 Å². The van der Waals surface area contributed by atoms with Crippen molar-refractivity contribution in [1.82, 2.24) is 21.3 Å². The number of nitrogens with one attached hydrogen (secondary N) is 4. The van der Waals surface area contributed by atoms with Gasteiger partial charge in [0.15, 0.2) is 12.2 Å². The van der Waals surface area contributed by atoms with Crippen molar-refractivity contribution in [2.75, 3.05) is 54.7 Å². The number of aliphatic hydroxyl groups is 4. The molecule has 456 valence electrons. The van der Waals surface area contributed by atoms with E-state index in [0.717, 1.165) is 12.2 Å². The van der Waals surface area contributed by atoms with Crippen molar-refractivity contribution in [1.29, 1.82) is 0 Å². The summed E-state index contributed by atoms with van der Waals surface area (Å²) in [5.74, 6) is -6.29. The first-order chi connectivity index (χ1) is 39.3. The van der Waals surface area contributed by atoms with Crippen LogP contribution in [0.5, 0.6) is 0 Å². The molecule has 0 spiro atoms. The normalized spacial score (nSPS) is 32.2. The molecule has 0 fully saturated rings. The number of ketones is 4.